The van der Waals surface area contributed by atoms with Crippen LogP contribution in [0.3, 0.4) is 0 Å². The van der Waals surface area contributed by atoms with Gasteiger partial charge in [-0.05, 0) is 118 Å². The molecule has 2 aromatic heterocycles. The summed E-state index contributed by atoms with van der Waals surface area (Å²) in [5, 5.41) is 7.09. The molecule has 286 valence electrons. The minimum Gasteiger partial charge on any atom is -0.455 e. The second-order valence-electron chi connectivity index (χ2n) is 15.7. The molecule has 61 heavy (non-hydrogen) atoms. The number of hydrogen-bond donors (Lipinski definition) is 0. The summed E-state index contributed by atoms with van der Waals surface area (Å²) in [6, 6.07) is 82.9. The van der Waals surface area contributed by atoms with Crippen molar-refractivity contribution in [1.29, 1.82) is 0 Å². The average Bonchev–Trinajstić information content (AvgIpc) is 3.88. The third kappa shape index (κ3) is 5.98. The van der Waals surface area contributed by atoms with E-state index in [9.17, 15) is 0 Å². The van der Waals surface area contributed by atoms with E-state index in [-0.39, 0.29) is 0 Å². The molecule has 10 aromatic carbocycles. The van der Waals surface area contributed by atoms with Gasteiger partial charge in [-0.15, -0.1) is 0 Å². The van der Waals surface area contributed by atoms with E-state index in [2.05, 4.69) is 240 Å². The zero-order valence-corrected chi connectivity index (χ0v) is 33.2. The summed E-state index contributed by atoms with van der Waals surface area (Å²) in [5.74, 6) is 0. The number of anilines is 3. The molecule has 0 atom stereocenters. The van der Waals surface area contributed by atoms with Crippen molar-refractivity contribution in [1.82, 2.24) is 4.57 Å². The van der Waals surface area contributed by atoms with Crippen molar-refractivity contribution in [2.45, 2.75) is 0 Å². The molecule has 0 aliphatic heterocycles. The normalized spacial score (nSPS) is 11.6. The molecule has 0 amide bonds. The molecular weight excluding hydrogens is 741 g/mol. The number of para-hydroxylation sites is 2. The minimum absolute atomic E-state index is 0.895. The number of rotatable bonds is 7. The van der Waals surface area contributed by atoms with Gasteiger partial charge < -0.3 is 13.9 Å². The number of furan rings is 1. The minimum atomic E-state index is 0.895. The fraction of sp³-hybridized carbons (Fsp3) is 0. The first-order valence-electron chi connectivity index (χ1n) is 20.8. The van der Waals surface area contributed by atoms with E-state index in [0.29, 0.717) is 0 Å². The van der Waals surface area contributed by atoms with Gasteiger partial charge in [-0.2, -0.15) is 0 Å². The molecule has 0 saturated carbocycles. The maximum absolute atomic E-state index is 6.47. The predicted octanol–water partition coefficient (Wildman–Crippen LogP) is 16.3. The zero-order chi connectivity index (χ0) is 40.3. The summed E-state index contributed by atoms with van der Waals surface area (Å²) in [7, 11) is 0. The quantitative estimate of drug-likeness (QED) is 0.161. The van der Waals surface area contributed by atoms with E-state index in [1.807, 2.05) is 0 Å². The summed E-state index contributed by atoms with van der Waals surface area (Å²) in [5.41, 5.74) is 15.6. The van der Waals surface area contributed by atoms with Crippen LogP contribution in [-0.4, -0.2) is 4.57 Å². The van der Waals surface area contributed by atoms with Gasteiger partial charge in [0.15, 0.2) is 0 Å². The molecule has 0 aliphatic rings. The van der Waals surface area contributed by atoms with Crippen LogP contribution in [0, 0.1) is 0 Å². The zero-order valence-electron chi connectivity index (χ0n) is 33.2. The van der Waals surface area contributed by atoms with Crippen molar-refractivity contribution in [3.63, 3.8) is 0 Å². The Bertz CT molecular complexity index is 3540. The van der Waals surface area contributed by atoms with Crippen molar-refractivity contribution in [2.75, 3.05) is 4.90 Å². The second-order valence-corrected chi connectivity index (χ2v) is 15.7. The third-order valence-corrected chi connectivity index (χ3v) is 12.2. The lowest BCUT2D eigenvalue weighted by Crippen LogP contribution is -2.10. The molecule has 0 bridgehead atoms. The van der Waals surface area contributed by atoms with Crippen molar-refractivity contribution < 1.29 is 4.42 Å². The Morgan fingerprint density at radius 2 is 0.852 bits per heavy atom. The lowest BCUT2D eigenvalue weighted by molar-refractivity contribution is 0.672. The first kappa shape index (κ1) is 34.9. The first-order chi connectivity index (χ1) is 30.2. The average molecular weight is 779 g/mol. The third-order valence-electron chi connectivity index (χ3n) is 12.2. The molecular formula is C58H38N2O. The molecule has 12 rings (SSSR count). The van der Waals surface area contributed by atoms with Gasteiger partial charge >= 0.3 is 0 Å². The van der Waals surface area contributed by atoms with E-state index in [0.717, 1.165) is 66.8 Å². The van der Waals surface area contributed by atoms with Gasteiger partial charge in [0.2, 0.25) is 0 Å². The van der Waals surface area contributed by atoms with Crippen LogP contribution in [0.1, 0.15) is 0 Å². The maximum atomic E-state index is 6.47. The summed E-state index contributed by atoms with van der Waals surface area (Å²) in [6.07, 6.45) is 0. The smallest absolute Gasteiger partial charge is 0.143 e. The predicted molar refractivity (Wildman–Crippen MR) is 257 cm³/mol. The maximum Gasteiger partial charge on any atom is 0.143 e. The highest BCUT2D eigenvalue weighted by Crippen LogP contribution is 2.41. The van der Waals surface area contributed by atoms with Gasteiger partial charge in [-0.3, -0.25) is 0 Å². The largest absolute Gasteiger partial charge is 0.455 e. The Kier molecular flexibility index (Phi) is 8.17. The van der Waals surface area contributed by atoms with Crippen LogP contribution < -0.4 is 4.90 Å². The van der Waals surface area contributed by atoms with Crippen molar-refractivity contribution in [3.05, 3.63) is 231 Å². The highest BCUT2D eigenvalue weighted by Gasteiger charge is 2.17. The lowest BCUT2D eigenvalue weighted by Gasteiger charge is -2.27. The van der Waals surface area contributed by atoms with Crippen LogP contribution in [0.15, 0.2) is 235 Å². The van der Waals surface area contributed by atoms with E-state index in [1.165, 1.54) is 43.9 Å². The summed E-state index contributed by atoms with van der Waals surface area (Å²) < 4.78 is 8.85. The van der Waals surface area contributed by atoms with Crippen molar-refractivity contribution in [3.8, 4) is 39.1 Å². The van der Waals surface area contributed by atoms with Crippen molar-refractivity contribution in [2.24, 2.45) is 0 Å². The molecule has 0 saturated heterocycles. The number of hydrogen-bond acceptors (Lipinski definition) is 2. The van der Waals surface area contributed by atoms with Crippen LogP contribution >= 0.6 is 0 Å². The van der Waals surface area contributed by atoms with Crippen LogP contribution in [0.25, 0.3) is 93.6 Å². The second kappa shape index (κ2) is 14.3. The lowest BCUT2D eigenvalue weighted by atomic mass is 10.00. The van der Waals surface area contributed by atoms with Crippen LogP contribution in [0.5, 0.6) is 0 Å². The Morgan fingerprint density at radius 1 is 0.311 bits per heavy atom. The highest BCUT2D eigenvalue weighted by atomic mass is 16.3. The monoisotopic (exact) mass is 778 g/mol. The fourth-order valence-electron chi connectivity index (χ4n) is 9.24. The molecule has 12 aromatic rings. The number of benzene rings is 10. The standard InChI is InChI=1S/C58H38N2O/c1-2-13-39(14-3-1)42-16-10-19-47(35-42)59(48-20-12-18-44(37-48)45-30-34-57-54(38-45)53-33-29-41-15-4-5-22-50(41)58(53)61-57)46-31-27-40(28-32-46)43-17-11-21-49(36-43)60-55-25-8-6-23-51(55)52-24-7-9-26-56(52)60/h1-38H. The Morgan fingerprint density at radius 3 is 1.57 bits per heavy atom. The van der Waals surface area contributed by atoms with Crippen LogP contribution in [0.4, 0.5) is 17.1 Å². The van der Waals surface area contributed by atoms with E-state index in [1.54, 1.807) is 0 Å². The van der Waals surface area contributed by atoms with E-state index < -0.39 is 0 Å². The molecule has 0 N–H and O–H groups in total. The van der Waals surface area contributed by atoms with Gasteiger partial charge in [0, 0.05) is 49.7 Å². The molecule has 0 aliphatic carbocycles. The summed E-state index contributed by atoms with van der Waals surface area (Å²) in [4.78, 5) is 2.37. The molecule has 3 nitrogen and oxygen atoms in total. The van der Waals surface area contributed by atoms with E-state index in [4.69, 9.17) is 4.42 Å². The Hall–Kier alpha value is -8.14. The van der Waals surface area contributed by atoms with Crippen LogP contribution in [-0.2, 0) is 0 Å². The molecule has 0 radical (unpaired) electrons. The van der Waals surface area contributed by atoms with Crippen molar-refractivity contribution >= 4 is 71.6 Å². The first-order valence-corrected chi connectivity index (χ1v) is 20.8. The molecule has 0 unspecified atom stereocenters. The Balaban J connectivity index is 0.952. The van der Waals surface area contributed by atoms with Gasteiger partial charge in [-0.25, -0.2) is 0 Å². The van der Waals surface area contributed by atoms with Gasteiger partial charge in [0.05, 0.1) is 11.0 Å². The fourth-order valence-corrected chi connectivity index (χ4v) is 9.24. The molecule has 0 fully saturated rings. The topological polar surface area (TPSA) is 21.3 Å². The number of aromatic nitrogens is 1. The van der Waals surface area contributed by atoms with E-state index >= 15 is 0 Å². The molecule has 2 heterocycles. The highest BCUT2D eigenvalue weighted by molar-refractivity contribution is 6.15. The summed E-state index contributed by atoms with van der Waals surface area (Å²) >= 11 is 0. The SMILES string of the molecule is c1ccc(-c2cccc(N(c3ccc(-c4cccc(-n5c6ccccc6c6ccccc65)c4)cc3)c3cccc(-c4ccc5oc6c7ccccc7ccc6c5c4)c3)c2)cc1. The Labute approximate surface area is 353 Å². The van der Waals surface area contributed by atoms with Gasteiger partial charge in [0.1, 0.15) is 11.2 Å². The van der Waals surface area contributed by atoms with Gasteiger partial charge in [-0.1, -0.05) is 152 Å². The molecule has 0 spiro atoms. The number of nitrogens with zero attached hydrogens (tertiary/aromatic N) is 2. The summed E-state index contributed by atoms with van der Waals surface area (Å²) in [6.45, 7) is 0. The molecule has 3 heteroatoms. The number of fused-ring (bicyclic) bond motifs is 8. The van der Waals surface area contributed by atoms with Crippen LogP contribution in [0.2, 0.25) is 0 Å². The van der Waals surface area contributed by atoms with Gasteiger partial charge in [0.25, 0.3) is 0 Å².